The number of piperidine rings is 1. The first kappa shape index (κ1) is 27.2. The maximum absolute atomic E-state index is 13.9. The predicted octanol–water partition coefficient (Wildman–Crippen LogP) is 3.43. The molecule has 0 radical (unpaired) electrons. The van der Waals surface area contributed by atoms with E-state index >= 15 is 0 Å². The Labute approximate surface area is 244 Å². The highest BCUT2D eigenvalue weighted by Crippen LogP contribution is 2.59. The first-order chi connectivity index (χ1) is 19.6. The van der Waals surface area contributed by atoms with Crippen LogP contribution in [0.15, 0.2) is 47.3 Å². The van der Waals surface area contributed by atoms with Crippen LogP contribution in [0.3, 0.4) is 0 Å². The molecule has 11 nitrogen and oxygen atoms in total. The largest absolute Gasteiger partial charge is 0.330 e. The van der Waals surface area contributed by atoms with Crippen molar-refractivity contribution in [2.45, 2.75) is 52.2 Å². The molecule has 3 N–H and O–H groups in total. The topological polar surface area (TPSA) is 149 Å². The number of fused-ring (bicyclic) bond motifs is 2. The van der Waals surface area contributed by atoms with Gasteiger partial charge in [-0.15, -0.1) is 0 Å². The minimum Gasteiger partial charge on any atom is -0.330 e. The van der Waals surface area contributed by atoms with Gasteiger partial charge in [0.15, 0.2) is 5.78 Å². The third-order valence-electron chi connectivity index (χ3n) is 8.20. The number of amides is 2. The first-order valence-electron chi connectivity index (χ1n) is 13.4. The lowest BCUT2D eigenvalue weighted by Gasteiger charge is -2.27. The number of nitrogens with zero attached hydrogens (tertiary/aromatic N) is 6. The van der Waals surface area contributed by atoms with Crippen molar-refractivity contribution in [3.8, 4) is 11.1 Å². The number of pyridine rings is 1. The number of nitrogens with two attached hydrogens (primary N) is 1. The Hall–Kier alpha value is -4.03. The van der Waals surface area contributed by atoms with Gasteiger partial charge in [-0.05, 0) is 71.9 Å². The van der Waals surface area contributed by atoms with Crippen LogP contribution in [0.1, 0.15) is 41.6 Å². The van der Waals surface area contributed by atoms with E-state index in [-0.39, 0.29) is 41.3 Å². The van der Waals surface area contributed by atoms with Gasteiger partial charge in [-0.3, -0.25) is 19.1 Å². The molecule has 6 rings (SSSR count). The van der Waals surface area contributed by atoms with Crippen molar-refractivity contribution in [3.63, 3.8) is 0 Å². The molecule has 1 saturated carbocycles. The Balaban J connectivity index is 1.30. The molecule has 0 spiro atoms. The quantitative estimate of drug-likeness (QED) is 0.237. The molecule has 4 heterocycles. The lowest BCUT2D eigenvalue weighted by atomic mass is 9.99. The summed E-state index contributed by atoms with van der Waals surface area (Å²) in [6.45, 7) is 5.40. The summed E-state index contributed by atoms with van der Waals surface area (Å²) in [7, 11) is 0. The average molecular weight is 618 g/mol. The van der Waals surface area contributed by atoms with Crippen molar-refractivity contribution in [2.75, 3.05) is 11.9 Å². The van der Waals surface area contributed by atoms with E-state index in [0.29, 0.717) is 40.1 Å². The Bertz CT molecular complexity index is 1720. The summed E-state index contributed by atoms with van der Waals surface area (Å²) in [4.78, 5) is 54.5. The number of benzene rings is 1. The van der Waals surface area contributed by atoms with Crippen molar-refractivity contribution < 1.29 is 14.4 Å². The molecule has 41 heavy (non-hydrogen) atoms. The normalized spacial score (nSPS) is 21.1. The molecule has 1 aromatic carbocycles. The highest BCUT2D eigenvalue weighted by atomic mass is 79.9. The van der Waals surface area contributed by atoms with Crippen LogP contribution in [-0.4, -0.2) is 65.9 Å². The van der Waals surface area contributed by atoms with E-state index in [9.17, 15) is 14.4 Å². The van der Waals surface area contributed by atoms with Crippen LogP contribution in [0, 0.1) is 19.3 Å². The molecule has 1 aliphatic carbocycles. The Morgan fingerprint density at radius 2 is 1.85 bits per heavy atom. The van der Waals surface area contributed by atoms with Crippen molar-refractivity contribution in [2.24, 2.45) is 11.1 Å². The molecule has 4 aromatic rings. The molecule has 1 saturated heterocycles. The van der Waals surface area contributed by atoms with E-state index in [1.165, 1.54) is 6.92 Å². The number of hydrogen-bond donors (Lipinski definition) is 2. The fraction of sp³-hybridized carbons (Fsp3) is 0.345. The van der Waals surface area contributed by atoms with Crippen LogP contribution < -0.4 is 11.1 Å². The first-order valence-corrected chi connectivity index (χ1v) is 14.2. The zero-order valence-electron chi connectivity index (χ0n) is 22.9. The highest BCUT2D eigenvalue weighted by Gasteiger charge is 2.66. The molecule has 2 fully saturated rings. The van der Waals surface area contributed by atoms with E-state index in [0.717, 1.165) is 23.1 Å². The summed E-state index contributed by atoms with van der Waals surface area (Å²) < 4.78 is 2.15. The van der Waals surface area contributed by atoms with Crippen LogP contribution in [0.2, 0.25) is 0 Å². The van der Waals surface area contributed by atoms with Gasteiger partial charge in [0, 0.05) is 48.3 Å². The standard InChI is InChI=1S/C29H29BrN8O3/c1-15-4-7-24(30)34-27(15)35-28(41)22-9-29(14-31)10-23(29)38(22)25(40)13-37-21-6-5-18(19-11-32-17(3)33-12-19)8-20(21)26(36-37)16(2)39/h4-8,11-12,22-23H,9-10,13-14,31H2,1-3H3,(H,34,35,41)/t22-,23?,29?/m0/s1. The van der Waals surface area contributed by atoms with Crippen molar-refractivity contribution in [1.82, 2.24) is 29.6 Å². The van der Waals surface area contributed by atoms with Gasteiger partial charge < -0.3 is 16.0 Å². The molecule has 12 heteroatoms. The van der Waals surface area contributed by atoms with Gasteiger partial charge >= 0.3 is 0 Å². The third-order valence-corrected chi connectivity index (χ3v) is 8.64. The minimum atomic E-state index is -0.688. The fourth-order valence-corrected chi connectivity index (χ4v) is 6.14. The third kappa shape index (κ3) is 4.80. The number of aromatic nitrogens is 5. The summed E-state index contributed by atoms with van der Waals surface area (Å²) in [5.41, 5.74) is 9.23. The molecule has 2 unspecified atom stereocenters. The van der Waals surface area contributed by atoms with E-state index in [2.05, 4.69) is 41.3 Å². The number of anilines is 1. The Morgan fingerprint density at radius 1 is 1.10 bits per heavy atom. The van der Waals surface area contributed by atoms with Gasteiger partial charge in [0.2, 0.25) is 11.8 Å². The van der Waals surface area contributed by atoms with Crippen LogP contribution in [0.25, 0.3) is 22.0 Å². The number of aryl methyl sites for hydroxylation is 2. The van der Waals surface area contributed by atoms with Crippen LogP contribution in [0.4, 0.5) is 5.82 Å². The molecule has 2 amide bonds. The second-order valence-electron chi connectivity index (χ2n) is 10.9. The SMILES string of the molecule is CC(=O)c1nn(CC(=O)N2C3CC3(CN)C[C@H]2C(=O)Nc2nc(Br)ccc2C)c2ccc(-c3cnc(C)nc3)cc12. The zero-order chi connectivity index (χ0) is 29.1. The summed E-state index contributed by atoms with van der Waals surface area (Å²) >= 11 is 3.35. The van der Waals surface area contributed by atoms with E-state index < -0.39 is 6.04 Å². The molecule has 2 aliphatic rings. The average Bonchev–Trinajstić information content (AvgIpc) is 3.38. The van der Waals surface area contributed by atoms with Crippen molar-refractivity contribution in [3.05, 3.63) is 64.4 Å². The molecular formula is C29H29BrN8O3. The van der Waals surface area contributed by atoms with Crippen LogP contribution >= 0.6 is 15.9 Å². The van der Waals surface area contributed by atoms with E-state index in [1.54, 1.807) is 28.0 Å². The Morgan fingerprint density at radius 3 is 2.56 bits per heavy atom. The van der Waals surface area contributed by atoms with E-state index in [4.69, 9.17) is 5.73 Å². The maximum Gasteiger partial charge on any atom is 0.248 e. The molecule has 1 aliphatic heterocycles. The fourth-order valence-electron chi connectivity index (χ4n) is 5.83. The van der Waals surface area contributed by atoms with Gasteiger partial charge in [0.05, 0.1) is 5.52 Å². The van der Waals surface area contributed by atoms with Crippen LogP contribution in [0.5, 0.6) is 0 Å². The number of nitrogens with one attached hydrogen (secondary N) is 1. The smallest absolute Gasteiger partial charge is 0.248 e. The lowest BCUT2D eigenvalue weighted by Crippen LogP contribution is -2.47. The molecule has 3 atom stereocenters. The van der Waals surface area contributed by atoms with Gasteiger partial charge in [0.25, 0.3) is 0 Å². The number of hydrogen-bond acceptors (Lipinski definition) is 8. The summed E-state index contributed by atoms with van der Waals surface area (Å²) in [5, 5.41) is 8.08. The molecule has 0 bridgehead atoms. The zero-order valence-corrected chi connectivity index (χ0v) is 24.5. The van der Waals surface area contributed by atoms with E-state index in [1.807, 2.05) is 38.1 Å². The summed E-state index contributed by atoms with van der Waals surface area (Å²) in [6, 6.07) is 8.46. The number of carbonyl (C=O) groups is 3. The van der Waals surface area contributed by atoms with Crippen molar-refractivity contribution in [1.29, 1.82) is 0 Å². The maximum atomic E-state index is 13.9. The minimum absolute atomic E-state index is 0.116. The number of halogens is 1. The second kappa shape index (κ2) is 10.1. The van der Waals surface area contributed by atoms with Gasteiger partial charge in [-0.25, -0.2) is 15.0 Å². The number of rotatable bonds is 7. The van der Waals surface area contributed by atoms with Crippen molar-refractivity contribution >= 4 is 50.2 Å². The van der Waals surface area contributed by atoms with Gasteiger partial charge in [0.1, 0.15) is 34.5 Å². The summed E-state index contributed by atoms with van der Waals surface area (Å²) in [5.74, 6) is 0.345. The monoisotopic (exact) mass is 616 g/mol. The molecule has 210 valence electrons. The highest BCUT2D eigenvalue weighted by molar-refractivity contribution is 9.10. The van der Waals surface area contributed by atoms with Gasteiger partial charge in [-0.2, -0.15) is 5.10 Å². The number of Topliss-reactive ketones (excluding diaryl/α,β-unsaturated/α-hetero) is 1. The number of ketones is 1. The number of carbonyl (C=O) groups excluding carboxylic acids is 3. The lowest BCUT2D eigenvalue weighted by molar-refractivity contribution is -0.138. The second-order valence-corrected chi connectivity index (χ2v) is 11.7. The Kier molecular flexibility index (Phi) is 6.69. The summed E-state index contributed by atoms with van der Waals surface area (Å²) in [6.07, 6.45) is 4.70. The molecule has 3 aromatic heterocycles. The number of likely N-dealkylation sites (tertiary alicyclic amines) is 1. The van der Waals surface area contributed by atoms with Crippen LogP contribution in [-0.2, 0) is 16.1 Å². The molecular weight excluding hydrogens is 588 g/mol. The predicted molar refractivity (Wildman–Crippen MR) is 156 cm³/mol. The van der Waals surface area contributed by atoms with Gasteiger partial charge in [-0.1, -0.05) is 12.1 Å².